The van der Waals surface area contributed by atoms with E-state index in [1.165, 1.54) is 12.4 Å². The second-order valence-electron chi connectivity index (χ2n) is 2.35. The molecule has 0 saturated carbocycles. The third kappa shape index (κ3) is 1.92. The quantitative estimate of drug-likeness (QED) is 0.708. The smallest absolute Gasteiger partial charge is 0.310 e. The van der Waals surface area contributed by atoms with Crippen LogP contribution >= 0.6 is 11.6 Å². The van der Waals surface area contributed by atoms with Crippen molar-refractivity contribution >= 4 is 17.6 Å². The van der Waals surface area contributed by atoms with Crippen LogP contribution in [-0.2, 0) is 4.79 Å². The first-order valence-electron chi connectivity index (χ1n) is 3.31. The Bertz CT molecular complexity index is 286. The molecule has 4 nitrogen and oxygen atoms in total. The maximum atomic E-state index is 10.5. The number of aliphatic carboxylic acids is 1. The molecule has 0 aliphatic carbocycles. The van der Waals surface area contributed by atoms with E-state index in [1.54, 1.807) is 6.92 Å². The third-order valence-electron chi connectivity index (χ3n) is 1.51. The molecule has 0 aliphatic rings. The molecule has 1 aromatic heterocycles. The van der Waals surface area contributed by atoms with Gasteiger partial charge >= 0.3 is 5.97 Å². The fraction of sp³-hybridized carbons (Fsp3) is 0.286. The van der Waals surface area contributed by atoms with E-state index in [9.17, 15) is 4.79 Å². The highest BCUT2D eigenvalue weighted by Crippen LogP contribution is 2.13. The number of hydrogen-bond donors (Lipinski definition) is 1. The number of aromatic nitrogens is 2. The van der Waals surface area contributed by atoms with E-state index in [1.807, 2.05) is 0 Å². The molecule has 0 amide bonds. The zero-order valence-electron chi connectivity index (χ0n) is 6.36. The third-order valence-corrected chi connectivity index (χ3v) is 1.71. The van der Waals surface area contributed by atoms with E-state index in [2.05, 4.69) is 9.97 Å². The lowest BCUT2D eigenvalue weighted by molar-refractivity contribution is -0.138. The van der Waals surface area contributed by atoms with Crippen molar-refractivity contribution < 1.29 is 9.90 Å². The second kappa shape index (κ2) is 3.49. The summed E-state index contributed by atoms with van der Waals surface area (Å²) in [5.41, 5.74) is 0.548. The molecule has 5 heteroatoms. The van der Waals surface area contributed by atoms with Gasteiger partial charge in [0.2, 0.25) is 5.28 Å². The number of carboxylic acids is 1. The van der Waals surface area contributed by atoms with Crippen molar-refractivity contribution in [2.45, 2.75) is 12.8 Å². The molecular formula is C7H7ClN2O2. The van der Waals surface area contributed by atoms with Gasteiger partial charge in [-0.1, -0.05) is 0 Å². The van der Waals surface area contributed by atoms with Crippen LogP contribution in [0.15, 0.2) is 12.4 Å². The van der Waals surface area contributed by atoms with Gasteiger partial charge in [-0.3, -0.25) is 4.79 Å². The van der Waals surface area contributed by atoms with E-state index in [0.29, 0.717) is 5.56 Å². The van der Waals surface area contributed by atoms with Gasteiger partial charge in [0.25, 0.3) is 0 Å². The summed E-state index contributed by atoms with van der Waals surface area (Å²) >= 11 is 5.43. The van der Waals surface area contributed by atoms with Gasteiger partial charge in [-0.25, -0.2) is 9.97 Å². The van der Waals surface area contributed by atoms with Crippen molar-refractivity contribution in [2.75, 3.05) is 0 Å². The lowest BCUT2D eigenvalue weighted by Crippen LogP contribution is -2.07. The fourth-order valence-corrected chi connectivity index (χ4v) is 0.786. The van der Waals surface area contributed by atoms with Crippen molar-refractivity contribution in [2.24, 2.45) is 0 Å². The number of halogens is 1. The summed E-state index contributed by atoms with van der Waals surface area (Å²) in [5.74, 6) is -1.50. The van der Waals surface area contributed by atoms with Gasteiger partial charge in [0.15, 0.2) is 0 Å². The van der Waals surface area contributed by atoms with Crippen LogP contribution in [0.2, 0.25) is 5.28 Å². The van der Waals surface area contributed by atoms with Crippen molar-refractivity contribution in [3.8, 4) is 0 Å². The SMILES string of the molecule is CC(C(=O)O)c1cnc(Cl)nc1. The van der Waals surface area contributed by atoms with Crippen LogP contribution < -0.4 is 0 Å². The molecule has 1 rings (SSSR count). The van der Waals surface area contributed by atoms with Gasteiger partial charge in [-0.15, -0.1) is 0 Å². The molecule has 0 radical (unpaired) electrons. The first-order chi connectivity index (χ1) is 5.61. The summed E-state index contributed by atoms with van der Waals surface area (Å²) in [5, 5.41) is 8.74. The molecule has 64 valence electrons. The minimum absolute atomic E-state index is 0.122. The topological polar surface area (TPSA) is 63.1 Å². The highest BCUT2D eigenvalue weighted by atomic mass is 35.5. The zero-order valence-corrected chi connectivity index (χ0v) is 7.12. The molecule has 1 aromatic rings. The highest BCUT2D eigenvalue weighted by Gasteiger charge is 2.13. The second-order valence-corrected chi connectivity index (χ2v) is 2.68. The maximum Gasteiger partial charge on any atom is 0.310 e. The summed E-state index contributed by atoms with van der Waals surface area (Å²) in [6.45, 7) is 1.56. The Labute approximate surface area is 74.2 Å². The van der Waals surface area contributed by atoms with E-state index < -0.39 is 11.9 Å². The van der Waals surface area contributed by atoms with Crippen molar-refractivity contribution in [3.63, 3.8) is 0 Å². The molecule has 1 unspecified atom stereocenters. The Kier molecular flexibility index (Phi) is 2.60. The number of carbonyl (C=O) groups is 1. The maximum absolute atomic E-state index is 10.5. The predicted octanol–water partition coefficient (Wildman–Crippen LogP) is 1.32. The van der Waals surface area contributed by atoms with Crippen LogP contribution in [-0.4, -0.2) is 21.0 Å². The Morgan fingerprint density at radius 1 is 1.58 bits per heavy atom. The molecular weight excluding hydrogens is 180 g/mol. The largest absolute Gasteiger partial charge is 0.481 e. The molecule has 1 atom stereocenters. The van der Waals surface area contributed by atoms with E-state index >= 15 is 0 Å². The van der Waals surface area contributed by atoms with Crippen LogP contribution in [0.25, 0.3) is 0 Å². The van der Waals surface area contributed by atoms with Crippen molar-refractivity contribution in [1.82, 2.24) is 9.97 Å². The van der Waals surface area contributed by atoms with Crippen molar-refractivity contribution in [1.29, 1.82) is 0 Å². The minimum atomic E-state index is -0.902. The van der Waals surface area contributed by atoms with Crippen LogP contribution in [0, 0.1) is 0 Å². The van der Waals surface area contributed by atoms with Crippen LogP contribution in [0.4, 0.5) is 0 Å². The normalized spacial score (nSPS) is 12.5. The molecule has 1 heterocycles. The number of hydrogen-bond acceptors (Lipinski definition) is 3. The number of rotatable bonds is 2. The lowest BCUT2D eigenvalue weighted by Gasteiger charge is -2.03. The Balaban J connectivity index is 2.89. The summed E-state index contributed by atoms with van der Waals surface area (Å²) in [6.07, 6.45) is 2.82. The molecule has 0 aliphatic heterocycles. The lowest BCUT2D eigenvalue weighted by atomic mass is 10.1. The first-order valence-corrected chi connectivity index (χ1v) is 3.69. The molecule has 0 saturated heterocycles. The van der Waals surface area contributed by atoms with Crippen LogP contribution in [0.1, 0.15) is 18.4 Å². The van der Waals surface area contributed by atoms with Gasteiger partial charge in [0, 0.05) is 18.0 Å². The van der Waals surface area contributed by atoms with Gasteiger partial charge in [-0.05, 0) is 18.5 Å². The van der Waals surface area contributed by atoms with Gasteiger partial charge in [0.1, 0.15) is 0 Å². The minimum Gasteiger partial charge on any atom is -0.481 e. The first kappa shape index (κ1) is 8.93. The molecule has 0 spiro atoms. The van der Waals surface area contributed by atoms with Crippen LogP contribution in [0.3, 0.4) is 0 Å². The predicted molar refractivity (Wildman–Crippen MR) is 43.1 cm³/mol. The Morgan fingerprint density at radius 2 is 2.08 bits per heavy atom. The molecule has 0 aromatic carbocycles. The van der Waals surface area contributed by atoms with Gasteiger partial charge < -0.3 is 5.11 Å². The monoisotopic (exact) mass is 186 g/mol. The summed E-state index contributed by atoms with van der Waals surface area (Å²) in [4.78, 5) is 17.8. The van der Waals surface area contributed by atoms with E-state index in [4.69, 9.17) is 16.7 Å². The molecule has 0 fully saturated rings. The van der Waals surface area contributed by atoms with E-state index in [0.717, 1.165) is 0 Å². The fourth-order valence-electron chi connectivity index (χ4n) is 0.688. The summed E-state index contributed by atoms with van der Waals surface area (Å²) in [7, 11) is 0. The number of nitrogens with zero attached hydrogens (tertiary/aromatic N) is 2. The summed E-state index contributed by atoms with van der Waals surface area (Å²) in [6, 6.07) is 0. The Morgan fingerprint density at radius 3 is 2.50 bits per heavy atom. The van der Waals surface area contributed by atoms with Crippen molar-refractivity contribution in [3.05, 3.63) is 23.2 Å². The average Bonchev–Trinajstić information content (AvgIpc) is 2.04. The highest BCUT2D eigenvalue weighted by molar-refractivity contribution is 6.28. The van der Waals surface area contributed by atoms with Crippen LogP contribution in [0.5, 0.6) is 0 Å². The standard InChI is InChI=1S/C7H7ClN2O2/c1-4(6(11)12)5-2-9-7(8)10-3-5/h2-4H,1H3,(H,11,12). The zero-order chi connectivity index (χ0) is 9.14. The number of carboxylic acid groups (broad SMARTS) is 1. The molecule has 1 N–H and O–H groups in total. The van der Waals surface area contributed by atoms with E-state index in [-0.39, 0.29) is 5.28 Å². The summed E-state index contributed by atoms with van der Waals surface area (Å²) < 4.78 is 0. The van der Waals surface area contributed by atoms with Gasteiger partial charge in [0.05, 0.1) is 5.92 Å². The molecule has 0 bridgehead atoms. The molecule has 12 heavy (non-hydrogen) atoms. The Hall–Kier alpha value is -1.16. The van der Waals surface area contributed by atoms with Gasteiger partial charge in [-0.2, -0.15) is 0 Å². The average molecular weight is 187 g/mol.